The van der Waals surface area contributed by atoms with Gasteiger partial charge in [0.25, 0.3) is 0 Å². The zero-order valence-electron chi connectivity index (χ0n) is 10.9. The third-order valence-electron chi connectivity index (χ3n) is 2.68. The Bertz CT molecular complexity index is 595. The monoisotopic (exact) mass is 295 g/mol. The highest BCUT2D eigenvalue weighted by Crippen LogP contribution is 2.22. The smallest absolute Gasteiger partial charge is 0.406 e. The van der Waals surface area contributed by atoms with E-state index >= 15 is 0 Å². The third-order valence-corrected chi connectivity index (χ3v) is 2.68. The molecule has 2 rings (SSSR count). The van der Waals surface area contributed by atoms with E-state index in [0.29, 0.717) is 5.56 Å². The fourth-order valence-corrected chi connectivity index (χ4v) is 1.83. The number of carbonyl (C=O) groups is 1. The van der Waals surface area contributed by atoms with Gasteiger partial charge in [0, 0.05) is 25.2 Å². The molecule has 1 aromatic heterocycles. The number of ether oxygens (including phenoxy) is 1. The molecule has 0 atom stereocenters. The lowest BCUT2D eigenvalue weighted by Crippen LogP contribution is -2.17. The second kappa shape index (κ2) is 6.39. The van der Waals surface area contributed by atoms with Crippen molar-refractivity contribution in [2.24, 2.45) is 0 Å². The van der Waals surface area contributed by atoms with Crippen LogP contribution in [0, 0.1) is 0 Å². The predicted molar refractivity (Wildman–Crippen MR) is 69.8 cm³/mol. The lowest BCUT2D eigenvalue weighted by Gasteiger charge is -2.09. The molecule has 6 heteroatoms. The first-order valence-corrected chi connectivity index (χ1v) is 6.18. The van der Waals surface area contributed by atoms with Crippen LogP contribution in [-0.2, 0) is 17.6 Å². The number of pyridine rings is 1. The first-order valence-electron chi connectivity index (χ1n) is 6.18. The molecule has 110 valence electrons. The van der Waals surface area contributed by atoms with Gasteiger partial charge < -0.3 is 4.74 Å². The van der Waals surface area contributed by atoms with Crippen molar-refractivity contribution in [3.63, 3.8) is 0 Å². The highest BCUT2D eigenvalue weighted by atomic mass is 19.4. The summed E-state index contributed by atoms with van der Waals surface area (Å²) < 4.78 is 39.8. The van der Waals surface area contributed by atoms with Gasteiger partial charge in [0.15, 0.2) is 0 Å². The molecule has 0 saturated heterocycles. The summed E-state index contributed by atoms with van der Waals surface area (Å²) >= 11 is 0. The normalized spacial score (nSPS) is 11.2. The SMILES string of the molecule is O=C(Cc1ccc(OC(F)(F)F)cc1)Cc1cccnc1. The Morgan fingerprint density at radius 1 is 1.05 bits per heavy atom. The van der Waals surface area contributed by atoms with E-state index in [1.165, 1.54) is 24.3 Å². The van der Waals surface area contributed by atoms with Gasteiger partial charge in [-0.05, 0) is 29.3 Å². The summed E-state index contributed by atoms with van der Waals surface area (Å²) in [6, 6.07) is 8.82. The largest absolute Gasteiger partial charge is 0.573 e. The molecular formula is C15H12F3NO2. The van der Waals surface area contributed by atoms with E-state index in [1.807, 2.05) is 0 Å². The van der Waals surface area contributed by atoms with E-state index in [-0.39, 0.29) is 24.4 Å². The van der Waals surface area contributed by atoms with Gasteiger partial charge in [-0.25, -0.2) is 0 Å². The number of rotatable bonds is 5. The minimum atomic E-state index is -4.71. The minimum Gasteiger partial charge on any atom is -0.406 e. The standard InChI is InChI=1S/C15H12F3NO2/c16-15(17,18)21-14-5-3-11(4-6-14)8-13(20)9-12-2-1-7-19-10-12/h1-7,10H,8-9H2. The number of hydrogen-bond donors (Lipinski definition) is 0. The molecule has 1 heterocycles. The van der Waals surface area contributed by atoms with Crippen LogP contribution in [0.4, 0.5) is 13.2 Å². The highest BCUT2D eigenvalue weighted by molar-refractivity contribution is 5.83. The molecule has 0 fully saturated rings. The maximum Gasteiger partial charge on any atom is 0.573 e. The number of hydrogen-bond acceptors (Lipinski definition) is 3. The predicted octanol–water partition coefficient (Wildman–Crippen LogP) is 3.33. The molecule has 0 aliphatic heterocycles. The molecule has 0 aliphatic rings. The van der Waals surface area contributed by atoms with E-state index in [9.17, 15) is 18.0 Å². The summed E-state index contributed by atoms with van der Waals surface area (Å²) in [7, 11) is 0. The van der Waals surface area contributed by atoms with E-state index in [1.54, 1.807) is 24.5 Å². The Kier molecular flexibility index (Phi) is 4.57. The first-order chi connectivity index (χ1) is 9.92. The molecular weight excluding hydrogens is 283 g/mol. The van der Waals surface area contributed by atoms with Crippen LogP contribution in [0.2, 0.25) is 0 Å². The number of benzene rings is 1. The molecule has 0 amide bonds. The van der Waals surface area contributed by atoms with Crippen molar-refractivity contribution in [3.8, 4) is 5.75 Å². The Morgan fingerprint density at radius 2 is 1.71 bits per heavy atom. The molecule has 21 heavy (non-hydrogen) atoms. The average molecular weight is 295 g/mol. The second-order valence-corrected chi connectivity index (χ2v) is 4.45. The Morgan fingerprint density at radius 3 is 2.29 bits per heavy atom. The lowest BCUT2D eigenvalue weighted by atomic mass is 10.0. The van der Waals surface area contributed by atoms with Crippen LogP contribution in [0.5, 0.6) is 5.75 Å². The molecule has 0 aliphatic carbocycles. The van der Waals surface area contributed by atoms with Gasteiger partial charge in [-0.1, -0.05) is 18.2 Å². The zero-order valence-corrected chi connectivity index (χ0v) is 10.9. The van der Waals surface area contributed by atoms with Crippen LogP contribution < -0.4 is 4.74 Å². The van der Waals surface area contributed by atoms with Crippen molar-refractivity contribution >= 4 is 5.78 Å². The molecule has 2 aromatic rings. The summed E-state index contributed by atoms with van der Waals surface area (Å²) in [6.45, 7) is 0. The van der Waals surface area contributed by atoms with Crippen molar-refractivity contribution in [1.29, 1.82) is 0 Å². The van der Waals surface area contributed by atoms with Crippen LogP contribution in [0.1, 0.15) is 11.1 Å². The number of Topliss-reactive ketones (excluding diaryl/α,β-unsaturated/α-hetero) is 1. The number of carbonyl (C=O) groups excluding carboxylic acids is 1. The molecule has 0 N–H and O–H groups in total. The molecule has 0 spiro atoms. The molecule has 0 saturated carbocycles. The Balaban J connectivity index is 1.92. The van der Waals surface area contributed by atoms with E-state index in [2.05, 4.69) is 9.72 Å². The molecule has 0 unspecified atom stereocenters. The minimum absolute atomic E-state index is 0.0347. The lowest BCUT2D eigenvalue weighted by molar-refractivity contribution is -0.274. The number of nitrogens with zero attached hydrogens (tertiary/aromatic N) is 1. The zero-order chi connectivity index (χ0) is 15.3. The fraction of sp³-hybridized carbons (Fsp3) is 0.200. The summed E-state index contributed by atoms with van der Waals surface area (Å²) in [5, 5.41) is 0. The molecule has 0 radical (unpaired) electrons. The maximum absolute atomic E-state index is 12.0. The number of halogens is 3. The van der Waals surface area contributed by atoms with Crippen LogP contribution in [-0.4, -0.2) is 17.1 Å². The van der Waals surface area contributed by atoms with E-state index < -0.39 is 6.36 Å². The Hall–Kier alpha value is -2.37. The topological polar surface area (TPSA) is 39.2 Å². The summed E-state index contributed by atoms with van der Waals surface area (Å²) in [6.07, 6.45) is -1.08. The van der Waals surface area contributed by atoms with Crippen LogP contribution in [0.25, 0.3) is 0 Å². The fourth-order valence-electron chi connectivity index (χ4n) is 1.83. The van der Waals surface area contributed by atoms with Gasteiger partial charge in [0.05, 0.1) is 0 Å². The average Bonchev–Trinajstić information content (AvgIpc) is 2.40. The van der Waals surface area contributed by atoms with Gasteiger partial charge >= 0.3 is 6.36 Å². The summed E-state index contributed by atoms with van der Waals surface area (Å²) in [5.74, 6) is -0.335. The van der Waals surface area contributed by atoms with Crippen molar-refractivity contribution in [2.45, 2.75) is 19.2 Å². The summed E-state index contributed by atoms with van der Waals surface area (Å²) in [5.41, 5.74) is 1.44. The van der Waals surface area contributed by atoms with Gasteiger partial charge in [-0.2, -0.15) is 0 Å². The van der Waals surface area contributed by atoms with E-state index in [0.717, 1.165) is 5.56 Å². The van der Waals surface area contributed by atoms with Crippen LogP contribution in [0.15, 0.2) is 48.8 Å². The van der Waals surface area contributed by atoms with E-state index in [4.69, 9.17) is 0 Å². The number of aromatic nitrogens is 1. The number of alkyl halides is 3. The van der Waals surface area contributed by atoms with Crippen LogP contribution in [0.3, 0.4) is 0 Å². The van der Waals surface area contributed by atoms with Crippen molar-refractivity contribution in [3.05, 3.63) is 59.9 Å². The number of ketones is 1. The summed E-state index contributed by atoms with van der Waals surface area (Å²) in [4.78, 5) is 15.8. The Labute approximate surface area is 119 Å². The van der Waals surface area contributed by atoms with Crippen molar-refractivity contribution in [1.82, 2.24) is 4.98 Å². The highest BCUT2D eigenvalue weighted by Gasteiger charge is 2.30. The van der Waals surface area contributed by atoms with Crippen LogP contribution >= 0.6 is 0 Å². The van der Waals surface area contributed by atoms with Crippen molar-refractivity contribution < 1.29 is 22.7 Å². The van der Waals surface area contributed by atoms with Crippen molar-refractivity contribution in [2.75, 3.05) is 0 Å². The van der Waals surface area contributed by atoms with Gasteiger partial charge in [0.2, 0.25) is 0 Å². The van der Waals surface area contributed by atoms with Gasteiger partial charge in [0.1, 0.15) is 11.5 Å². The molecule has 0 bridgehead atoms. The van der Waals surface area contributed by atoms with Gasteiger partial charge in [-0.15, -0.1) is 13.2 Å². The molecule has 1 aromatic carbocycles. The van der Waals surface area contributed by atoms with Gasteiger partial charge in [-0.3, -0.25) is 9.78 Å². The quantitative estimate of drug-likeness (QED) is 0.849. The molecule has 3 nitrogen and oxygen atoms in total. The maximum atomic E-state index is 12.0. The first kappa shape index (κ1) is 15.0. The third kappa shape index (κ3) is 5.25. The second-order valence-electron chi connectivity index (χ2n) is 4.45.